The lowest BCUT2D eigenvalue weighted by molar-refractivity contribution is 0.0886. The Morgan fingerprint density at radius 1 is 1.56 bits per heavy atom. The molecule has 0 atom stereocenters. The molecule has 3 nitrogen and oxygen atoms in total. The third-order valence-corrected chi connectivity index (χ3v) is 3.06. The van der Waals surface area contributed by atoms with Crippen LogP contribution < -0.4 is 5.32 Å². The number of terminal acetylenes is 1. The lowest BCUT2D eigenvalue weighted by atomic mass is 9.94. The van der Waals surface area contributed by atoms with Crippen molar-refractivity contribution in [2.24, 2.45) is 0 Å². The maximum atomic E-state index is 11.8. The maximum Gasteiger partial charge on any atom is 0.288 e. The summed E-state index contributed by atoms with van der Waals surface area (Å²) in [5.74, 6) is 2.61. The van der Waals surface area contributed by atoms with Crippen LogP contribution >= 0.6 is 15.9 Å². The molecular formula is C12H14BrNO2. The minimum absolute atomic E-state index is 0.258. The van der Waals surface area contributed by atoms with E-state index in [9.17, 15) is 4.79 Å². The summed E-state index contributed by atoms with van der Waals surface area (Å²) < 4.78 is 5.69. The molecule has 1 N–H and O–H groups in total. The first kappa shape index (κ1) is 12.9. The van der Waals surface area contributed by atoms with Gasteiger partial charge in [-0.1, -0.05) is 19.8 Å². The van der Waals surface area contributed by atoms with Gasteiger partial charge in [0.05, 0.1) is 0 Å². The number of furan rings is 1. The van der Waals surface area contributed by atoms with Crippen LogP contribution in [-0.2, 0) is 0 Å². The van der Waals surface area contributed by atoms with Crippen molar-refractivity contribution in [3.05, 3.63) is 22.6 Å². The Hall–Kier alpha value is -1.21. The standard InChI is InChI=1S/C12H14BrNO2/c1-4-12(5-2,6-3)14-11(15)9-7-8-10(13)16-9/h1,7-8H,5-6H2,2-3H3,(H,14,15). The fourth-order valence-electron chi connectivity index (χ4n) is 1.38. The largest absolute Gasteiger partial charge is 0.444 e. The number of rotatable bonds is 4. The number of nitrogens with one attached hydrogen (secondary N) is 1. The fraction of sp³-hybridized carbons (Fsp3) is 0.417. The molecule has 0 aliphatic rings. The Morgan fingerprint density at radius 2 is 2.19 bits per heavy atom. The Balaban J connectivity index is 2.81. The summed E-state index contributed by atoms with van der Waals surface area (Å²) in [7, 11) is 0. The first-order valence-corrected chi connectivity index (χ1v) is 5.92. The molecule has 0 aromatic carbocycles. The summed E-state index contributed by atoms with van der Waals surface area (Å²) >= 11 is 3.14. The summed E-state index contributed by atoms with van der Waals surface area (Å²) in [5, 5.41) is 2.82. The SMILES string of the molecule is C#CC(CC)(CC)NC(=O)c1ccc(Br)o1. The molecule has 0 saturated heterocycles. The van der Waals surface area contributed by atoms with Gasteiger partial charge in [-0.25, -0.2) is 0 Å². The molecule has 4 heteroatoms. The van der Waals surface area contributed by atoms with Crippen LogP contribution in [0.4, 0.5) is 0 Å². The normalized spacial score (nSPS) is 10.9. The highest BCUT2D eigenvalue weighted by atomic mass is 79.9. The van der Waals surface area contributed by atoms with Gasteiger partial charge >= 0.3 is 0 Å². The molecule has 0 saturated carbocycles. The van der Waals surface area contributed by atoms with Crippen molar-refractivity contribution in [1.82, 2.24) is 5.32 Å². The summed E-state index contributed by atoms with van der Waals surface area (Å²) in [6.07, 6.45) is 6.83. The molecule has 1 amide bonds. The van der Waals surface area contributed by atoms with Crippen LogP contribution in [-0.4, -0.2) is 11.4 Å². The van der Waals surface area contributed by atoms with Crippen molar-refractivity contribution in [2.45, 2.75) is 32.2 Å². The predicted octanol–water partition coefficient (Wildman–Crippen LogP) is 2.96. The van der Waals surface area contributed by atoms with Gasteiger partial charge in [0, 0.05) is 0 Å². The zero-order chi connectivity index (χ0) is 12.2. The van der Waals surface area contributed by atoms with Crippen LogP contribution in [0.25, 0.3) is 0 Å². The Bertz CT molecular complexity index is 413. The zero-order valence-corrected chi connectivity index (χ0v) is 10.9. The van der Waals surface area contributed by atoms with Crippen LogP contribution in [0.5, 0.6) is 0 Å². The van der Waals surface area contributed by atoms with Gasteiger partial charge < -0.3 is 9.73 Å². The van der Waals surface area contributed by atoms with E-state index in [0.29, 0.717) is 17.5 Å². The van der Waals surface area contributed by atoms with E-state index >= 15 is 0 Å². The molecule has 0 fully saturated rings. The van der Waals surface area contributed by atoms with Gasteiger partial charge in [-0.15, -0.1) is 6.42 Å². The molecule has 1 heterocycles. The van der Waals surface area contributed by atoms with Gasteiger partial charge in [0.1, 0.15) is 5.54 Å². The van der Waals surface area contributed by atoms with Crippen LogP contribution in [0.2, 0.25) is 0 Å². The third kappa shape index (κ3) is 2.67. The number of hydrogen-bond donors (Lipinski definition) is 1. The quantitative estimate of drug-likeness (QED) is 0.864. The van der Waals surface area contributed by atoms with Crippen molar-refractivity contribution in [3.63, 3.8) is 0 Å². The van der Waals surface area contributed by atoms with Gasteiger partial charge in [0.2, 0.25) is 0 Å². The molecule has 0 aliphatic carbocycles. The fourth-order valence-corrected chi connectivity index (χ4v) is 1.69. The smallest absolute Gasteiger partial charge is 0.288 e. The third-order valence-electron chi connectivity index (χ3n) is 2.63. The lowest BCUT2D eigenvalue weighted by Gasteiger charge is -2.26. The summed E-state index contributed by atoms with van der Waals surface area (Å²) in [6, 6.07) is 3.27. The molecule has 0 spiro atoms. The molecular weight excluding hydrogens is 270 g/mol. The predicted molar refractivity (Wildman–Crippen MR) is 66.0 cm³/mol. The second kappa shape index (κ2) is 5.22. The number of halogens is 1. The monoisotopic (exact) mass is 283 g/mol. The van der Waals surface area contributed by atoms with Crippen molar-refractivity contribution in [1.29, 1.82) is 0 Å². The Kier molecular flexibility index (Phi) is 4.19. The van der Waals surface area contributed by atoms with Gasteiger partial charge in [-0.3, -0.25) is 4.79 Å². The number of hydrogen-bond acceptors (Lipinski definition) is 2. The molecule has 0 aliphatic heterocycles. The second-order valence-electron chi connectivity index (χ2n) is 3.49. The van der Waals surface area contributed by atoms with E-state index in [-0.39, 0.29) is 11.7 Å². The number of carbonyl (C=O) groups is 1. The van der Waals surface area contributed by atoms with Crippen LogP contribution in [0.3, 0.4) is 0 Å². The van der Waals surface area contributed by atoms with E-state index < -0.39 is 5.54 Å². The highest BCUT2D eigenvalue weighted by Gasteiger charge is 2.26. The zero-order valence-electron chi connectivity index (χ0n) is 9.34. The average molecular weight is 284 g/mol. The van der Waals surface area contributed by atoms with Gasteiger partial charge in [0.15, 0.2) is 10.4 Å². The Morgan fingerprint density at radius 3 is 2.56 bits per heavy atom. The Labute approximate surface area is 104 Å². The van der Waals surface area contributed by atoms with Gasteiger partial charge in [-0.2, -0.15) is 0 Å². The molecule has 86 valence electrons. The van der Waals surface area contributed by atoms with E-state index in [2.05, 4.69) is 27.2 Å². The summed E-state index contributed by atoms with van der Waals surface area (Å²) in [4.78, 5) is 11.8. The molecule has 16 heavy (non-hydrogen) atoms. The first-order valence-electron chi connectivity index (χ1n) is 5.12. The van der Waals surface area contributed by atoms with Crippen LogP contribution in [0, 0.1) is 12.3 Å². The molecule has 0 bridgehead atoms. The maximum absolute atomic E-state index is 11.8. The van der Waals surface area contributed by atoms with Crippen molar-refractivity contribution in [3.8, 4) is 12.3 Å². The summed E-state index contributed by atoms with van der Waals surface area (Å²) in [5.41, 5.74) is -0.587. The average Bonchev–Trinajstić information content (AvgIpc) is 2.73. The van der Waals surface area contributed by atoms with Gasteiger partial charge in [-0.05, 0) is 40.9 Å². The highest BCUT2D eigenvalue weighted by molar-refractivity contribution is 9.10. The molecule has 0 unspecified atom stereocenters. The van der Waals surface area contributed by atoms with E-state index in [1.54, 1.807) is 12.1 Å². The van der Waals surface area contributed by atoms with Gasteiger partial charge in [0.25, 0.3) is 5.91 Å². The van der Waals surface area contributed by atoms with E-state index in [4.69, 9.17) is 10.8 Å². The molecule has 1 aromatic rings. The second-order valence-corrected chi connectivity index (χ2v) is 4.27. The summed E-state index contributed by atoms with van der Waals surface area (Å²) in [6.45, 7) is 3.89. The van der Waals surface area contributed by atoms with Crippen LogP contribution in [0.15, 0.2) is 21.2 Å². The first-order chi connectivity index (χ1) is 7.56. The minimum atomic E-state index is -0.587. The minimum Gasteiger partial charge on any atom is -0.444 e. The van der Waals surface area contributed by atoms with E-state index in [0.717, 1.165) is 0 Å². The number of amides is 1. The molecule has 0 radical (unpaired) electrons. The van der Waals surface area contributed by atoms with E-state index in [1.807, 2.05) is 13.8 Å². The van der Waals surface area contributed by atoms with E-state index in [1.165, 1.54) is 0 Å². The van der Waals surface area contributed by atoms with Crippen LogP contribution in [0.1, 0.15) is 37.2 Å². The molecule has 1 rings (SSSR count). The van der Waals surface area contributed by atoms with Crippen molar-refractivity contribution in [2.75, 3.05) is 0 Å². The van der Waals surface area contributed by atoms with Crippen molar-refractivity contribution >= 4 is 21.8 Å². The number of carbonyl (C=O) groups excluding carboxylic acids is 1. The topological polar surface area (TPSA) is 42.2 Å². The molecule has 1 aromatic heterocycles. The highest BCUT2D eigenvalue weighted by Crippen LogP contribution is 2.17. The van der Waals surface area contributed by atoms with Crippen molar-refractivity contribution < 1.29 is 9.21 Å². The lowest BCUT2D eigenvalue weighted by Crippen LogP contribution is -2.46.